The highest BCUT2D eigenvalue weighted by Gasteiger charge is 2.28. The molecular weight excluding hydrogens is 301 g/mol. The lowest BCUT2D eigenvalue weighted by Gasteiger charge is -2.27. The van der Waals surface area contributed by atoms with Crippen LogP contribution >= 0.6 is 22.6 Å². The molecule has 1 fully saturated rings. The molecule has 0 unspecified atom stereocenters. The fourth-order valence-electron chi connectivity index (χ4n) is 1.21. The number of rotatable bonds is 4. The van der Waals surface area contributed by atoms with Gasteiger partial charge in [0.2, 0.25) is 0 Å². The van der Waals surface area contributed by atoms with Gasteiger partial charge in [0.25, 0.3) is 0 Å². The van der Waals surface area contributed by atoms with E-state index in [9.17, 15) is 4.79 Å². The lowest BCUT2D eigenvalue weighted by atomic mass is 10.1. The number of ether oxygens (including phenoxy) is 2. The molecule has 1 heterocycles. The van der Waals surface area contributed by atoms with Crippen LogP contribution in [-0.4, -0.2) is 29.3 Å². The van der Waals surface area contributed by atoms with Crippen molar-refractivity contribution in [2.75, 3.05) is 11.0 Å². The van der Waals surface area contributed by atoms with E-state index in [1.54, 1.807) is 0 Å². The predicted molar refractivity (Wildman–Crippen MR) is 57.3 cm³/mol. The summed E-state index contributed by atoms with van der Waals surface area (Å²) in [7, 11) is 0. The third-order valence-electron chi connectivity index (χ3n) is 1.84. The molecule has 2 atom stereocenters. The molecule has 0 spiro atoms. The average molecular weight is 311 g/mol. The summed E-state index contributed by atoms with van der Waals surface area (Å²) < 4.78 is 10.6. The monoisotopic (exact) mass is 311 g/mol. The average Bonchev–Trinajstić information content (AvgIpc) is 2.17. The van der Waals surface area contributed by atoms with Crippen molar-refractivity contribution in [1.82, 2.24) is 0 Å². The Labute approximate surface area is 94.7 Å². The van der Waals surface area contributed by atoms with Crippen molar-refractivity contribution < 1.29 is 14.3 Å². The Morgan fingerprint density at radius 2 is 2.29 bits per heavy atom. The Hall–Kier alpha value is -0.690. The first-order chi connectivity index (χ1) is 6.76. The molecule has 0 aliphatic carbocycles. The van der Waals surface area contributed by atoms with E-state index in [1.165, 1.54) is 0 Å². The Morgan fingerprint density at radius 3 is 2.93 bits per heavy atom. The molecule has 7 heteroatoms. The number of cyclic esters (lactones) is 2. The summed E-state index contributed by atoms with van der Waals surface area (Å²) in [5.41, 5.74) is 8.07. The number of carbonyl (C=O) groups excluding carboxylic acids is 1. The Balaban J connectivity index is 2.36. The van der Waals surface area contributed by atoms with Gasteiger partial charge >= 0.3 is 6.16 Å². The van der Waals surface area contributed by atoms with E-state index in [1.807, 2.05) is 0 Å². The van der Waals surface area contributed by atoms with Gasteiger partial charge in [-0.15, -0.1) is 0 Å². The lowest BCUT2D eigenvalue weighted by Crippen LogP contribution is -2.35. The number of halogens is 1. The van der Waals surface area contributed by atoms with Crippen LogP contribution in [0.2, 0.25) is 0 Å². The zero-order valence-corrected chi connectivity index (χ0v) is 9.58. The number of azide groups is 1. The van der Waals surface area contributed by atoms with Crippen LogP contribution in [0.1, 0.15) is 12.8 Å². The van der Waals surface area contributed by atoms with Crippen molar-refractivity contribution in [3.8, 4) is 0 Å². The van der Waals surface area contributed by atoms with Gasteiger partial charge in [-0.05, 0) is 12.0 Å². The van der Waals surface area contributed by atoms with Gasteiger partial charge in [0.1, 0.15) is 12.2 Å². The molecule has 0 aromatic rings. The van der Waals surface area contributed by atoms with E-state index in [-0.39, 0.29) is 12.2 Å². The Bertz CT molecular complexity index is 255. The van der Waals surface area contributed by atoms with Gasteiger partial charge in [-0.2, -0.15) is 0 Å². The topological polar surface area (TPSA) is 84.3 Å². The van der Waals surface area contributed by atoms with Gasteiger partial charge in [0.05, 0.1) is 0 Å². The smallest absolute Gasteiger partial charge is 0.431 e. The molecule has 1 aliphatic rings. The van der Waals surface area contributed by atoms with Crippen LogP contribution in [0.4, 0.5) is 4.79 Å². The normalized spacial score (nSPS) is 25.9. The molecule has 14 heavy (non-hydrogen) atoms. The van der Waals surface area contributed by atoms with Gasteiger partial charge in [0, 0.05) is 22.3 Å². The SMILES string of the molecule is [N-]=[N+]=NCC[C@@H]1C[C@H](CI)OC(=O)O1. The number of hydrogen-bond acceptors (Lipinski definition) is 4. The largest absolute Gasteiger partial charge is 0.508 e. The maximum Gasteiger partial charge on any atom is 0.508 e. The zero-order valence-electron chi connectivity index (χ0n) is 7.43. The highest BCUT2D eigenvalue weighted by molar-refractivity contribution is 14.1. The number of carbonyl (C=O) groups is 1. The molecule has 1 aliphatic heterocycles. The number of hydrogen-bond donors (Lipinski definition) is 0. The molecule has 1 saturated heterocycles. The standard InChI is InChI=1S/C7H10IN3O3/c8-4-6-3-5(1-2-10-11-9)13-7(12)14-6/h5-6H,1-4H2/t5-,6-/m1/s1. The summed E-state index contributed by atoms with van der Waals surface area (Å²) in [4.78, 5) is 13.6. The molecule has 0 aromatic carbocycles. The van der Waals surface area contributed by atoms with E-state index < -0.39 is 6.16 Å². The van der Waals surface area contributed by atoms with Crippen molar-refractivity contribution in [3.63, 3.8) is 0 Å². The van der Waals surface area contributed by atoms with Crippen molar-refractivity contribution in [3.05, 3.63) is 10.4 Å². The van der Waals surface area contributed by atoms with Crippen molar-refractivity contribution in [1.29, 1.82) is 0 Å². The molecule has 0 N–H and O–H groups in total. The summed E-state index contributed by atoms with van der Waals surface area (Å²) in [5, 5.41) is 3.39. The second-order valence-corrected chi connectivity index (χ2v) is 3.74. The predicted octanol–water partition coefficient (Wildman–Crippen LogP) is 2.42. The van der Waals surface area contributed by atoms with Crippen LogP contribution in [0.25, 0.3) is 10.4 Å². The van der Waals surface area contributed by atoms with Crippen molar-refractivity contribution in [2.45, 2.75) is 25.0 Å². The molecule has 0 radical (unpaired) electrons. The summed E-state index contributed by atoms with van der Waals surface area (Å²) in [6.07, 6.45) is 0.361. The number of nitrogens with zero attached hydrogens (tertiary/aromatic N) is 3. The Kier molecular flexibility index (Phi) is 4.81. The maximum atomic E-state index is 10.9. The third-order valence-corrected chi connectivity index (χ3v) is 2.82. The first-order valence-corrected chi connectivity index (χ1v) is 5.73. The van der Waals surface area contributed by atoms with E-state index in [2.05, 4.69) is 32.6 Å². The third kappa shape index (κ3) is 3.59. The van der Waals surface area contributed by atoms with Crippen molar-refractivity contribution >= 4 is 28.7 Å². The minimum Gasteiger partial charge on any atom is -0.431 e. The van der Waals surface area contributed by atoms with Crippen LogP contribution < -0.4 is 0 Å². The Morgan fingerprint density at radius 1 is 1.57 bits per heavy atom. The first kappa shape index (κ1) is 11.4. The highest BCUT2D eigenvalue weighted by atomic mass is 127. The van der Waals surface area contributed by atoms with Crippen LogP contribution in [0, 0.1) is 0 Å². The van der Waals surface area contributed by atoms with Crippen LogP contribution in [-0.2, 0) is 9.47 Å². The maximum absolute atomic E-state index is 10.9. The molecule has 0 amide bonds. The van der Waals surface area contributed by atoms with Crippen molar-refractivity contribution in [2.24, 2.45) is 5.11 Å². The molecule has 0 aromatic heterocycles. The minimum atomic E-state index is -0.621. The molecule has 0 saturated carbocycles. The van der Waals surface area contributed by atoms with Crippen LogP contribution in [0.3, 0.4) is 0 Å². The molecular formula is C7H10IN3O3. The highest BCUT2D eigenvalue weighted by Crippen LogP contribution is 2.19. The summed E-state index contributed by atoms with van der Waals surface area (Å²) in [5.74, 6) is 0. The second-order valence-electron chi connectivity index (χ2n) is 2.86. The first-order valence-electron chi connectivity index (χ1n) is 4.20. The summed E-state index contributed by atoms with van der Waals surface area (Å²) >= 11 is 2.16. The fraction of sp³-hybridized carbons (Fsp3) is 0.857. The molecule has 78 valence electrons. The zero-order chi connectivity index (χ0) is 10.4. The summed E-state index contributed by atoms with van der Waals surface area (Å²) in [6.45, 7) is 0.350. The van der Waals surface area contributed by atoms with Gasteiger partial charge in [0.15, 0.2) is 0 Å². The second kappa shape index (κ2) is 5.92. The van der Waals surface area contributed by atoms with Gasteiger partial charge in [-0.1, -0.05) is 27.7 Å². The van der Waals surface area contributed by atoms with Gasteiger partial charge in [-0.25, -0.2) is 4.79 Å². The fourth-order valence-corrected chi connectivity index (χ4v) is 1.75. The van der Waals surface area contributed by atoms with E-state index in [0.717, 1.165) is 4.43 Å². The van der Waals surface area contributed by atoms with Crippen LogP contribution in [0.5, 0.6) is 0 Å². The quantitative estimate of drug-likeness (QED) is 0.199. The van der Waals surface area contributed by atoms with E-state index in [4.69, 9.17) is 15.0 Å². The molecule has 0 bridgehead atoms. The van der Waals surface area contributed by atoms with E-state index >= 15 is 0 Å². The minimum absolute atomic E-state index is 0.0760. The summed E-state index contributed by atoms with van der Waals surface area (Å²) in [6, 6.07) is 0. The molecule has 1 rings (SSSR count). The van der Waals surface area contributed by atoms with E-state index in [0.29, 0.717) is 19.4 Å². The number of alkyl halides is 1. The van der Waals surface area contributed by atoms with Crippen LogP contribution in [0.15, 0.2) is 5.11 Å². The molecule has 6 nitrogen and oxygen atoms in total. The lowest BCUT2D eigenvalue weighted by molar-refractivity contribution is -0.0527. The van der Waals surface area contributed by atoms with Gasteiger partial charge in [-0.3, -0.25) is 0 Å². The van der Waals surface area contributed by atoms with Gasteiger partial charge < -0.3 is 9.47 Å².